The number of aryl methyl sites for hydroxylation is 1. The van der Waals surface area contributed by atoms with Crippen molar-refractivity contribution in [3.05, 3.63) is 69.6 Å². The summed E-state index contributed by atoms with van der Waals surface area (Å²) >= 11 is 1.50. The Kier molecular flexibility index (Phi) is 5.50. The number of carbonyl (C=O) groups excluding carboxylic acids is 2. The molecule has 0 saturated heterocycles. The zero-order valence-electron chi connectivity index (χ0n) is 14.0. The molecule has 1 unspecified atom stereocenters. The first kappa shape index (κ1) is 17.2. The minimum absolute atomic E-state index is 0.309. The van der Waals surface area contributed by atoms with Gasteiger partial charge in [-0.3, -0.25) is 0 Å². The molecule has 1 aliphatic rings. The largest absolute Gasteiger partial charge is 0.462 e. The van der Waals surface area contributed by atoms with E-state index >= 15 is 0 Å². The second-order valence-electron chi connectivity index (χ2n) is 5.81. The topological polar surface area (TPSA) is 67.4 Å². The Bertz CT molecular complexity index is 769. The number of nitrogens with one attached hydrogen (secondary N) is 2. The van der Waals surface area contributed by atoms with Crippen LogP contribution in [0.3, 0.4) is 0 Å². The molecule has 5 nitrogen and oxygen atoms in total. The van der Waals surface area contributed by atoms with Crippen LogP contribution in [0.15, 0.2) is 59.1 Å². The molecule has 0 aliphatic carbocycles. The number of thiophene rings is 1. The average molecular weight is 356 g/mol. The van der Waals surface area contributed by atoms with Gasteiger partial charge in [0.15, 0.2) is 0 Å². The molecule has 0 radical (unpaired) electrons. The fourth-order valence-electron chi connectivity index (χ4n) is 2.80. The highest BCUT2D eigenvalue weighted by Crippen LogP contribution is 2.30. The number of amides is 2. The lowest BCUT2D eigenvalue weighted by Gasteiger charge is -2.27. The van der Waals surface area contributed by atoms with E-state index in [-0.39, 0.29) is 6.03 Å². The fraction of sp³-hybridized carbons (Fsp3) is 0.263. The zero-order valence-corrected chi connectivity index (χ0v) is 14.8. The number of benzene rings is 1. The number of urea groups is 1. The molecular weight excluding hydrogens is 336 g/mol. The molecule has 2 aromatic rings. The van der Waals surface area contributed by atoms with E-state index < -0.39 is 12.0 Å². The van der Waals surface area contributed by atoms with Crippen LogP contribution < -0.4 is 10.6 Å². The standard InChI is InChI=1S/C19H20N2O3S/c1-13-16(17(21-19(23)20-13)15-10-6-12-25-15)18(22)24-11-5-9-14-7-3-2-4-8-14/h2-4,6-8,10,12,17H,5,9,11H2,1H3,(H2,20,21,23). The summed E-state index contributed by atoms with van der Waals surface area (Å²) in [6.45, 7) is 2.07. The van der Waals surface area contributed by atoms with Gasteiger partial charge in [0.1, 0.15) is 0 Å². The van der Waals surface area contributed by atoms with Gasteiger partial charge in [-0.1, -0.05) is 36.4 Å². The van der Waals surface area contributed by atoms with Gasteiger partial charge in [-0.25, -0.2) is 9.59 Å². The molecule has 1 atom stereocenters. The number of hydrogen-bond acceptors (Lipinski definition) is 4. The second-order valence-corrected chi connectivity index (χ2v) is 6.79. The monoisotopic (exact) mass is 356 g/mol. The molecule has 0 fully saturated rings. The van der Waals surface area contributed by atoms with Gasteiger partial charge in [0.2, 0.25) is 0 Å². The highest BCUT2D eigenvalue weighted by atomic mass is 32.1. The van der Waals surface area contributed by atoms with Crippen LogP contribution in [0.25, 0.3) is 0 Å². The Morgan fingerprint density at radius 1 is 1.20 bits per heavy atom. The molecule has 6 heteroatoms. The Morgan fingerprint density at radius 2 is 2.00 bits per heavy atom. The van der Waals surface area contributed by atoms with Crippen molar-refractivity contribution in [2.45, 2.75) is 25.8 Å². The number of ether oxygens (including phenoxy) is 1. The number of allylic oxidation sites excluding steroid dienone is 1. The molecule has 1 aliphatic heterocycles. The smallest absolute Gasteiger partial charge is 0.338 e. The van der Waals surface area contributed by atoms with Crippen molar-refractivity contribution in [2.24, 2.45) is 0 Å². The first-order valence-electron chi connectivity index (χ1n) is 8.18. The maximum Gasteiger partial charge on any atom is 0.338 e. The third-order valence-electron chi connectivity index (χ3n) is 4.00. The molecule has 1 aromatic heterocycles. The van der Waals surface area contributed by atoms with Crippen molar-refractivity contribution >= 4 is 23.3 Å². The molecule has 2 heterocycles. The van der Waals surface area contributed by atoms with Gasteiger partial charge in [-0.05, 0) is 36.8 Å². The van der Waals surface area contributed by atoms with Crippen LogP contribution in [0.4, 0.5) is 4.79 Å². The second kappa shape index (κ2) is 7.98. The van der Waals surface area contributed by atoms with Crippen molar-refractivity contribution in [3.8, 4) is 0 Å². The van der Waals surface area contributed by atoms with Crippen LogP contribution >= 0.6 is 11.3 Å². The first-order valence-corrected chi connectivity index (χ1v) is 9.06. The van der Waals surface area contributed by atoms with Crippen LogP contribution in [0, 0.1) is 0 Å². The van der Waals surface area contributed by atoms with Crippen LogP contribution in [-0.4, -0.2) is 18.6 Å². The fourth-order valence-corrected chi connectivity index (χ4v) is 3.58. The quantitative estimate of drug-likeness (QED) is 0.614. The summed E-state index contributed by atoms with van der Waals surface area (Å²) in [6, 6.07) is 13.1. The molecule has 130 valence electrons. The summed E-state index contributed by atoms with van der Waals surface area (Å²) in [5.41, 5.74) is 2.22. The minimum atomic E-state index is -0.463. The molecule has 0 spiro atoms. The maximum atomic E-state index is 12.6. The lowest BCUT2D eigenvalue weighted by molar-refractivity contribution is -0.139. The van der Waals surface area contributed by atoms with Gasteiger partial charge in [-0.2, -0.15) is 0 Å². The van der Waals surface area contributed by atoms with Crippen LogP contribution in [0.1, 0.15) is 29.8 Å². The van der Waals surface area contributed by atoms with E-state index in [0.29, 0.717) is 17.9 Å². The minimum Gasteiger partial charge on any atom is -0.462 e. The van der Waals surface area contributed by atoms with E-state index in [0.717, 1.165) is 17.7 Å². The lowest BCUT2D eigenvalue weighted by Crippen LogP contribution is -2.45. The molecule has 25 heavy (non-hydrogen) atoms. The van der Waals surface area contributed by atoms with Gasteiger partial charge < -0.3 is 15.4 Å². The van der Waals surface area contributed by atoms with Gasteiger partial charge >= 0.3 is 12.0 Å². The average Bonchev–Trinajstić information content (AvgIpc) is 3.13. The summed E-state index contributed by atoms with van der Waals surface area (Å²) in [5.74, 6) is -0.392. The SMILES string of the molecule is CC1=C(C(=O)OCCCc2ccccc2)C(c2cccs2)NC(=O)N1. The first-order chi connectivity index (χ1) is 12.1. The van der Waals surface area contributed by atoms with Crippen molar-refractivity contribution in [3.63, 3.8) is 0 Å². The van der Waals surface area contributed by atoms with Gasteiger partial charge in [0, 0.05) is 10.6 Å². The van der Waals surface area contributed by atoms with Gasteiger partial charge in [0.25, 0.3) is 0 Å². The van der Waals surface area contributed by atoms with Crippen LogP contribution in [0.5, 0.6) is 0 Å². The summed E-state index contributed by atoms with van der Waals surface area (Å²) in [6.07, 6.45) is 1.61. The van der Waals surface area contributed by atoms with Crippen LogP contribution in [-0.2, 0) is 16.0 Å². The predicted molar refractivity (Wildman–Crippen MR) is 97.1 cm³/mol. The maximum absolute atomic E-state index is 12.6. The summed E-state index contributed by atoms with van der Waals surface area (Å²) in [4.78, 5) is 25.2. The number of rotatable bonds is 6. The van der Waals surface area contributed by atoms with E-state index in [1.165, 1.54) is 16.9 Å². The van der Waals surface area contributed by atoms with E-state index in [2.05, 4.69) is 22.8 Å². The van der Waals surface area contributed by atoms with Crippen molar-refractivity contribution in [1.29, 1.82) is 0 Å². The summed E-state index contributed by atoms with van der Waals surface area (Å²) in [5, 5.41) is 7.37. The molecule has 0 saturated carbocycles. The third-order valence-corrected chi connectivity index (χ3v) is 4.94. The molecule has 1 aromatic carbocycles. The molecular formula is C19H20N2O3S. The van der Waals surface area contributed by atoms with E-state index in [9.17, 15) is 9.59 Å². The molecule has 3 rings (SSSR count). The Hall–Kier alpha value is -2.60. The molecule has 2 amide bonds. The van der Waals surface area contributed by atoms with Crippen molar-refractivity contribution in [2.75, 3.05) is 6.61 Å². The van der Waals surface area contributed by atoms with Gasteiger partial charge in [-0.15, -0.1) is 11.3 Å². The van der Waals surface area contributed by atoms with Crippen molar-refractivity contribution in [1.82, 2.24) is 10.6 Å². The predicted octanol–water partition coefficient (Wildman–Crippen LogP) is 3.55. The Balaban J connectivity index is 1.62. The molecule has 2 N–H and O–H groups in total. The summed E-state index contributed by atoms with van der Waals surface area (Å²) < 4.78 is 5.45. The highest BCUT2D eigenvalue weighted by molar-refractivity contribution is 7.10. The molecule has 0 bridgehead atoms. The number of hydrogen-bond donors (Lipinski definition) is 2. The van der Waals surface area contributed by atoms with E-state index in [4.69, 9.17) is 4.74 Å². The van der Waals surface area contributed by atoms with Gasteiger partial charge in [0.05, 0.1) is 18.2 Å². The zero-order chi connectivity index (χ0) is 17.6. The van der Waals surface area contributed by atoms with Crippen LogP contribution in [0.2, 0.25) is 0 Å². The Labute approximate surface area is 150 Å². The number of carbonyl (C=O) groups is 2. The number of esters is 1. The highest BCUT2D eigenvalue weighted by Gasteiger charge is 2.32. The normalized spacial score (nSPS) is 17.0. The van der Waals surface area contributed by atoms with E-state index in [1.54, 1.807) is 6.92 Å². The van der Waals surface area contributed by atoms with Crippen molar-refractivity contribution < 1.29 is 14.3 Å². The summed E-state index contributed by atoms with van der Waals surface area (Å²) in [7, 11) is 0. The lowest BCUT2D eigenvalue weighted by atomic mass is 10.0. The Morgan fingerprint density at radius 3 is 2.72 bits per heavy atom. The third kappa shape index (κ3) is 4.28. The van der Waals surface area contributed by atoms with E-state index in [1.807, 2.05) is 35.7 Å².